The molecule has 0 fully saturated rings. The van der Waals surface area contributed by atoms with Gasteiger partial charge in [0.15, 0.2) is 6.29 Å². The first-order valence-corrected chi connectivity index (χ1v) is 3.49. The molecule has 0 atom stereocenters. The van der Waals surface area contributed by atoms with Crippen LogP contribution in [0.1, 0.15) is 10.5 Å². The molecule has 3 nitrogen and oxygen atoms in total. The molecular weight excluding hydrogens is 151 g/mol. The van der Waals surface area contributed by atoms with Gasteiger partial charge in [0.05, 0.1) is 0 Å². The smallest absolute Gasteiger partial charge is 0.170 e. The van der Waals surface area contributed by atoms with Crippen LogP contribution < -0.4 is 5.46 Å². The van der Waals surface area contributed by atoms with E-state index in [1.165, 1.54) is 0 Å². The van der Waals surface area contributed by atoms with Gasteiger partial charge in [-0.25, -0.2) is 4.98 Å². The van der Waals surface area contributed by atoms with E-state index >= 15 is 0 Å². The van der Waals surface area contributed by atoms with Crippen molar-refractivity contribution in [1.29, 1.82) is 0 Å². The van der Waals surface area contributed by atoms with Crippen molar-refractivity contribution >= 4 is 25.2 Å². The summed E-state index contributed by atoms with van der Waals surface area (Å²) in [5, 5.41) is 0. The molecule has 0 amide bonds. The average molecular weight is 156 g/mol. The van der Waals surface area contributed by atoms with Gasteiger partial charge in [0.25, 0.3) is 0 Å². The van der Waals surface area contributed by atoms with Crippen LogP contribution >= 0.6 is 0 Å². The van der Waals surface area contributed by atoms with E-state index < -0.39 is 0 Å². The van der Waals surface area contributed by atoms with E-state index in [1.807, 2.05) is 0 Å². The van der Waals surface area contributed by atoms with Gasteiger partial charge in [0.1, 0.15) is 19.2 Å². The Hall–Kier alpha value is -1.58. The summed E-state index contributed by atoms with van der Waals surface area (Å²) in [6.07, 6.45) is 4.13. The second kappa shape index (κ2) is 2.48. The number of nitrogens with zero attached hydrogens (tertiary/aromatic N) is 2. The molecule has 0 saturated heterocycles. The maximum atomic E-state index is 10.4. The Morgan fingerprint density at radius 3 is 3.17 bits per heavy atom. The van der Waals surface area contributed by atoms with Crippen LogP contribution in [0.5, 0.6) is 0 Å². The van der Waals surface area contributed by atoms with Gasteiger partial charge in [-0.1, -0.05) is 11.5 Å². The fourth-order valence-corrected chi connectivity index (χ4v) is 1.07. The summed E-state index contributed by atoms with van der Waals surface area (Å²) >= 11 is 0. The zero-order chi connectivity index (χ0) is 8.55. The quantitative estimate of drug-likeness (QED) is 0.428. The summed E-state index contributed by atoms with van der Waals surface area (Å²) in [4.78, 5) is 14.4. The Bertz CT molecular complexity index is 436. The number of hydrogen-bond acceptors (Lipinski definition) is 2. The summed E-state index contributed by atoms with van der Waals surface area (Å²) in [7, 11) is 5.53. The first-order chi connectivity index (χ1) is 5.79. The first kappa shape index (κ1) is 7.09. The Kier molecular flexibility index (Phi) is 1.47. The van der Waals surface area contributed by atoms with Gasteiger partial charge in [0.2, 0.25) is 0 Å². The second-order valence-corrected chi connectivity index (χ2v) is 2.51. The Morgan fingerprint density at radius 1 is 1.58 bits per heavy atom. The summed E-state index contributed by atoms with van der Waals surface area (Å²) < 4.78 is 1.75. The average Bonchev–Trinajstić information content (AvgIpc) is 2.46. The van der Waals surface area contributed by atoms with Crippen LogP contribution in [0, 0.1) is 0 Å². The molecule has 0 N–H and O–H groups in total. The van der Waals surface area contributed by atoms with Gasteiger partial charge < -0.3 is 4.40 Å². The van der Waals surface area contributed by atoms with E-state index in [4.69, 9.17) is 7.85 Å². The maximum absolute atomic E-state index is 10.4. The number of hydrogen-bond donors (Lipinski definition) is 0. The third-order valence-electron chi connectivity index (χ3n) is 1.62. The number of carbonyl (C=O) groups is 1. The van der Waals surface area contributed by atoms with Crippen LogP contribution in [0.3, 0.4) is 0 Å². The van der Waals surface area contributed by atoms with Crippen LogP contribution in [0.4, 0.5) is 0 Å². The fourth-order valence-electron chi connectivity index (χ4n) is 1.07. The maximum Gasteiger partial charge on any atom is 0.170 e. The first-order valence-electron chi connectivity index (χ1n) is 3.49. The Balaban J connectivity index is 2.75. The monoisotopic (exact) mass is 156 g/mol. The fraction of sp³-hybridized carbons (Fsp3) is 0. The Labute approximate surface area is 70.4 Å². The van der Waals surface area contributed by atoms with Crippen molar-refractivity contribution in [1.82, 2.24) is 9.38 Å². The topological polar surface area (TPSA) is 34.4 Å². The van der Waals surface area contributed by atoms with E-state index in [1.54, 1.807) is 28.9 Å². The summed E-state index contributed by atoms with van der Waals surface area (Å²) in [5.41, 5.74) is 1.75. The second-order valence-electron chi connectivity index (χ2n) is 2.51. The highest BCUT2D eigenvalue weighted by atomic mass is 16.1. The van der Waals surface area contributed by atoms with Gasteiger partial charge in [0, 0.05) is 12.4 Å². The molecule has 2 aromatic heterocycles. The molecule has 0 aromatic carbocycles. The minimum absolute atomic E-state index is 0.417. The molecule has 0 aliphatic carbocycles. The molecule has 0 bridgehead atoms. The highest BCUT2D eigenvalue weighted by molar-refractivity contribution is 6.32. The lowest BCUT2D eigenvalue weighted by molar-refractivity contribution is 0.111. The van der Waals surface area contributed by atoms with E-state index in [0.717, 1.165) is 0 Å². The summed E-state index contributed by atoms with van der Waals surface area (Å²) in [5.74, 6) is 0. The number of rotatable bonds is 1. The molecule has 0 aliphatic rings. The van der Waals surface area contributed by atoms with Crippen molar-refractivity contribution in [3.8, 4) is 0 Å². The zero-order valence-electron chi connectivity index (χ0n) is 6.27. The lowest BCUT2D eigenvalue weighted by Crippen LogP contribution is -2.01. The lowest BCUT2D eigenvalue weighted by Gasteiger charge is -1.92. The standard InChI is InChI=1S/C8H5BN2O/c9-6-1-2-11-4-7(5-12)10-8(11)3-6/h1-5H. The van der Waals surface area contributed by atoms with Gasteiger partial charge in [-0.05, 0) is 6.07 Å². The van der Waals surface area contributed by atoms with E-state index in [9.17, 15) is 4.79 Å². The molecule has 0 spiro atoms. The van der Waals surface area contributed by atoms with Crippen molar-refractivity contribution in [2.24, 2.45) is 0 Å². The minimum atomic E-state index is 0.417. The lowest BCUT2D eigenvalue weighted by atomic mass is 9.98. The predicted octanol–water partition coefficient (Wildman–Crippen LogP) is -0.0594. The Morgan fingerprint density at radius 2 is 2.42 bits per heavy atom. The third-order valence-corrected chi connectivity index (χ3v) is 1.62. The predicted molar refractivity (Wildman–Crippen MR) is 46.0 cm³/mol. The molecule has 2 aromatic rings. The minimum Gasteiger partial charge on any atom is -0.306 e. The molecule has 0 aliphatic heterocycles. The molecule has 0 saturated carbocycles. The molecule has 2 rings (SSSR count). The molecule has 12 heavy (non-hydrogen) atoms. The van der Waals surface area contributed by atoms with Gasteiger partial charge in [-0.2, -0.15) is 0 Å². The van der Waals surface area contributed by atoms with Crippen LogP contribution in [0.25, 0.3) is 5.65 Å². The molecule has 2 heterocycles. The summed E-state index contributed by atoms with van der Waals surface area (Å²) in [6.45, 7) is 0. The van der Waals surface area contributed by atoms with Crippen molar-refractivity contribution in [2.75, 3.05) is 0 Å². The molecule has 56 valence electrons. The molecule has 0 unspecified atom stereocenters. The number of imidazole rings is 1. The van der Waals surface area contributed by atoms with Crippen LogP contribution in [-0.2, 0) is 0 Å². The van der Waals surface area contributed by atoms with Crippen LogP contribution in [0.2, 0.25) is 0 Å². The number of fused-ring (bicyclic) bond motifs is 1. The van der Waals surface area contributed by atoms with Gasteiger partial charge in [-0.15, -0.1) is 0 Å². The SMILES string of the molecule is [B]c1ccn2cc(C=O)nc2c1. The van der Waals surface area contributed by atoms with Crippen LogP contribution in [0.15, 0.2) is 24.5 Å². The van der Waals surface area contributed by atoms with E-state index in [2.05, 4.69) is 4.98 Å². The van der Waals surface area contributed by atoms with Gasteiger partial charge >= 0.3 is 0 Å². The van der Waals surface area contributed by atoms with Crippen molar-refractivity contribution in [2.45, 2.75) is 0 Å². The number of pyridine rings is 1. The normalized spacial score (nSPS) is 10.3. The number of aromatic nitrogens is 2. The van der Waals surface area contributed by atoms with E-state index in [-0.39, 0.29) is 0 Å². The molecule has 2 radical (unpaired) electrons. The number of carbonyl (C=O) groups excluding carboxylic acids is 1. The number of aldehydes is 1. The largest absolute Gasteiger partial charge is 0.306 e. The highest BCUT2D eigenvalue weighted by Crippen LogP contribution is 2.00. The third kappa shape index (κ3) is 1.01. The highest BCUT2D eigenvalue weighted by Gasteiger charge is 1.98. The summed E-state index contributed by atoms with van der Waals surface area (Å²) in [6, 6.07) is 3.47. The van der Waals surface area contributed by atoms with Gasteiger partial charge in [-0.3, -0.25) is 4.79 Å². The van der Waals surface area contributed by atoms with Crippen molar-refractivity contribution < 1.29 is 4.79 Å². The van der Waals surface area contributed by atoms with Crippen molar-refractivity contribution in [3.63, 3.8) is 0 Å². The van der Waals surface area contributed by atoms with Crippen LogP contribution in [-0.4, -0.2) is 23.5 Å². The molecular formula is C8H5BN2O. The molecule has 4 heteroatoms. The van der Waals surface area contributed by atoms with Crippen molar-refractivity contribution in [3.05, 3.63) is 30.2 Å². The zero-order valence-corrected chi connectivity index (χ0v) is 6.27. The van der Waals surface area contributed by atoms with E-state index in [0.29, 0.717) is 23.1 Å².